The summed E-state index contributed by atoms with van der Waals surface area (Å²) in [7, 11) is 4.18. The fourth-order valence-electron chi connectivity index (χ4n) is 3.97. The maximum Gasteiger partial charge on any atom is 0.220 e. The molecule has 2 fully saturated rings. The molecule has 22 heavy (non-hydrogen) atoms. The molecular weight excluding hydrogens is 274 g/mol. The van der Waals surface area contributed by atoms with Crippen molar-refractivity contribution in [1.29, 1.82) is 0 Å². The van der Waals surface area contributed by atoms with Gasteiger partial charge >= 0.3 is 0 Å². The Morgan fingerprint density at radius 1 is 1.23 bits per heavy atom. The summed E-state index contributed by atoms with van der Waals surface area (Å²) in [5, 5.41) is 6.98. The molecule has 2 aliphatic rings. The molecule has 2 saturated heterocycles. The third-order valence-corrected chi connectivity index (χ3v) is 5.29. The van der Waals surface area contributed by atoms with Crippen LogP contribution in [0.5, 0.6) is 0 Å². The van der Waals surface area contributed by atoms with Gasteiger partial charge in [0.15, 0.2) is 0 Å². The Hall–Kier alpha value is -0.610. The molecule has 0 spiro atoms. The van der Waals surface area contributed by atoms with Crippen molar-refractivity contribution in [3.63, 3.8) is 0 Å². The Morgan fingerprint density at radius 3 is 2.32 bits per heavy atom. The van der Waals surface area contributed by atoms with E-state index in [-0.39, 0.29) is 17.4 Å². The molecule has 2 rings (SSSR count). The highest BCUT2D eigenvalue weighted by atomic mass is 16.1. The molecule has 3 unspecified atom stereocenters. The van der Waals surface area contributed by atoms with E-state index in [2.05, 4.69) is 50.4 Å². The standard InChI is InChI=1S/C18H35N3O/c1-18(2,3)16(8-9-21(4)5)20-17(22)12-13-10-14-6-7-15(11-13)19-14/h13-16,19H,6-12H2,1-5H3,(H,20,22). The normalized spacial score (nSPS) is 29.6. The highest BCUT2D eigenvalue weighted by Crippen LogP contribution is 2.32. The largest absolute Gasteiger partial charge is 0.353 e. The third kappa shape index (κ3) is 5.24. The molecule has 0 aliphatic carbocycles. The predicted molar refractivity (Wildman–Crippen MR) is 91.8 cm³/mol. The third-order valence-electron chi connectivity index (χ3n) is 5.29. The Labute approximate surface area is 136 Å². The predicted octanol–water partition coefficient (Wildman–Crippen LogP) is 2.39. The lowest BCUT2D eigenvalue weighted by Gasteiger charge is -2.34. The van der Waals surface area contributed by atoms with Crippen LogP contribution in [0.2, 0.25) is 0 Å². The molecule has 0 aromatic carbocycles. The molecular formula is C18H35N3O. The van der Waals surface area contributed by atoms with Crippen LogP contribution >= 0.6 is 0 Å². The summed E-state index contributed by atoms with van der Waals surface area (Å²) in [5.74, 6) is 0.832. The van der Waals surface area contributed by atoms with Crippen LogP contribution in [-0.4, -0.2) is 49.6 Å². The lowest BCUT2D eigenvalue weighted by Crippen LogP contribution is -2.46. The van der Waals surface area contributed by atoms with Gasteiger partial charge in [0.25, 0.3) is 0 Å². The van der Waals surface area contributed by atoms with Gasteiger partial charge in [0.2, 0.25) is 5.91 Å². The SMILES string of the molecule is CN(C)CCC(NC(=O)CC1CC2CCC(C1)N2)C(C)(C)C. The van der Waals surface area contributed by atoms with Gasteiger partial charge in [-0.05, 0) is 64.1 Å². The lowest BCUT2D eigenvalue weighted by molar-refractivity contribution is -0.123. The van der Waals surface area contributed by atoms with Crippen LogP contribution in [-0.2, 0) is 4.79 Å². The maximum atomic E-state index is 12.5. The minimum Gasteiger partial charge on any atom is -0.353 e. The fourth-order valence-corrected chi connectivity index (χ4v) is 3.97. The quantitative estimate of drug-likeness (QED) is 0.792. The Balaban J connectivity index is 1.82. The van der Waals surface area contributed by atoms with Crippen molar-refractivity contribution in [3.8, 4) is 0 Å². The Morgan fingerprint density at radius 2 is 1.82 bits per heavy atom. The summed E-state index contributed by atoms with van der Waals surface area (Å²) in [6.45, 7) is 7.68. The molecule has 2 heterocycles. The van der Waals surface area contributed by atoms with E-state index in [4.69, 9.17) is 0 Å². The van der Waals surface area contributed by atoms with Gasteiger partial charge in [0.1, 0.15) is 0 Å². The number of nitrogens with one attached hydrogen (secondary N) is 2. The molecule has 2 aliphatic heterocycles. The first kappa shape index (κ1) is 17.7. The number of hydrogen-bond acceptors (Lipinski definition) is 3. The van der Waals surface area contributed by atoms with Gasteiger partial charge < -0.3 is 15.5 Å². The summed E-state index contributed by atoms with van der Waals surface area (Å²) in [6, 6.07) is 1.59. The van der Waals surface area contributed by atoms with E-state index in [1.807, 2.05) is 0 Å². The highest BCUT2D eigenvalue weighted by molar-refractivity contribution is 5.76. The first-order valence-electron chi connectivity index (χ1n) is 8.94. The van der Waals surface area contributed by atoms with Crippen LogP contribution in [0.4, 0.5) is 0 Å². The number of carbonyl (C=O) groups is 1. The molecule has 3 atom stereocenters. The smallest absolute Gasteiger partial charge is 0.220 e. The first-order valence-corrected chi connectivity index (χ1v) is 8.94. The van der Waals surface area contributed by atoms with Gasteiger partial charge in [0, 0.05) is 24.5 Å². The highest BCUT2D eigenvalue weighted by Gasteiger charge is 2.35. The fraction of sp³-hybridized carbons (Fsp3) is 0.944. The van der Waals surface area contributed by atoms with Crippen molar-refractivity contribution in [2.75, 3.05) is 20.6 Å². The van der Waals surface area contributed by atoms with Crippen molar-refractivity contribution in [3.05, 3.63) is 0 Å². The summed E-state index contributed by atoms with van der Waals surface area (Å²) in [4.78, 5) is 14.7. The molecule has 0 aromatic heterocycles. The zero-order chi connectivity index (χ0) is 16.3. The molecule has 0 aromatic rings. The minimum absolute atomic E-state index is 0.110. The van der Waals surface area contributed by atoms with Crippen LogP contribution < -0.4 is 10.6 Å². The van der Waals surface area contributed by atoms with Crippen LogP contribution in [0.1, 0.15) is 59.3 Å². The van der Waals surface area contributed by atoms with Crippen LogP contribution in [0.3, 0.4) is 0 Å². The van der Waals surface area contributed by atoms with Crippen molar-refractivity contribution < 1.29 is 4.79 Å². The maximum absolute atomic E-state index is 12.5. The van der Waals surface area contributed by atoms with Gasteiger partial charge in [0.05, 0.1) is 0 Å². The number of amides is 1. The molecule has 2 N–H and O–H groups in total. The number of carbonyl (C=O) groups excluding carboxylic acids is 1. The van der Waals surface area contributed by atoms with E-state index in [0.717, 1.165) is 13.0 Å². The monoisotopic (exact) mass is 309 g/mol. The molecule has 128 valence electrons. The second-order valence-corrected chi connectivity index (χ2v) is 8.76. The lowest BCUT2D eigenvalue weighted by atomic mass is 9.84. The second-order valence-electron chi connectivity index (χ2n) is 8.76. The molecule has 4 nitrogen and oxygen atoms in total. The van der Waals surface area contributed by atoms with Gasteiger partial charge in [-0.1, -0.05) is 20.8 Å². The number of nitrogens with zero attached hydrogens (tertiary/aromatic N) is 1. The van der Waals surface area contributed by atoms with Gasteiger partial charge in [-0.15, -0.1) is 0 Å². The van der Waals surface area contributed by atoms with Crippen molar-refractivity contribution in [1.82, 2.24) is 15.5 Å². The van der Waals surface area contributed by atoms with E-state index in [1.54, 1.807) is 0 Å². The first-order chi connectivity index (χ1) is 10.2. The number of fused-ring (bicyclic) bond motifs is 2. The van der Waals surface area contributed by atoms with E-state index in [0.29, 0.717) is 24.4 Å². The molecule has 0 radical (unpaired) electrons. The van der Waals surface area contributed by atoms with E-state index < -0.39 is 0 Å². The summed E-state index contributed by atoms with van der Waals surface area (Å²) < 4.78 is 0. The molecule has 4 heteroatoms. The van der Waals surface area contributed by atoms with Gasteiger partial charge in [-0.3, -0.25) is 4.79 Å². The zero-order valence-electron chi connectivity index (χ0n) is 15.1. The zero-order valence-corrected chi connectivity index (χ0v) is 15.1. The second kappa shape index (κ2) is 7.31. The topological polar surface area (TPSA) is 44.4 Å². The van der Waals surface area contributed by atoms with Crippen LogP contribution in [0, 0.1) is 11.3 Å². The van der Waals surface area contributed by atoms with Crippen molar-refractivity contribution in [2.24, 2.45) is 11.3 Å². The van der Waals surface area contributed by atoms with Gasteiger partial charge in [-0.25, -0.2) is 0 Å². The molecule has 1 amide bonds. The van der Waals surface area contributed by atoms with Crippen molar-refractivity contribution >= 4 is 5.91 Å². The van der Waals surface area contributed by atoms with Gasteiger partial charge in [-0.2, -0.15) is 0 Å². The minimum atomic E-state index is 0.110. The molecule has 0 saturated carbocycles. The number of hydrogen-bond donors (Lipinski definition) is 2. The summed E-state index contributed by atoms with van der Waals surface area (Å²) in [6.07, 6.45) is 6.69. The Kier molecular flexibility index (Phi) is 5.89. The average Bonchev–Trinajstić information content (AvgIpc) is 2.72. The van der Waals surface area contributed by atoms with E-state index in [1.165, 1.54) is 25.7 Å². The van der Waals surface area contributed by atoms with E-state index in [9.17, 15) is 4.79 Å². The number of rotatable bonds is 6. The van der Waals surface area contributed by atoms with Crippen LogP contribution in [0.25, 0.3) is 0 Å². The average molecular weight is 309 g/mol. The van der Waals surface area contributed by atoms with E-state index >= 15 is 0 Å². The van der Waals surface area contributed by atoms with Crippen molar-refractivity contribution in [2.45, 2.75) is 77.4 Å². The Bertz CT molecular complexity index is 363. The molecule has 2 bridgehead atoms. The van der Waals surface area contributed by atoms with Crippen LogP contribution in [0.15, 0.2) is 0 Å². The number of piperidine rings is 1. The summed E-state index contributed by atoms with van der Waals surface area (Å²) in [5.41, 5.74) is 0.110. The summed E-state index contributed by atoms with van der Waals surface area (Å²) >= 11 is 0.